The highest BCUT2D eigenvalue weighted by Crippen LogP contribution is 2.43. The topological polar surface area (TPSA) is 61.3 Å². The summed E-state index contributed by atoms with van der Waals surface area (Å²) in [7, 11) is 2.07. The van der Waals surface area contributed by atoms with Crippen LogP contribution in [0.5, 0.6) is 0 Å². The number of hydrogen-bond donors (Lipinski definition) is 2. The van der Waals surface area contributed by atoms with Crippen molar-refractivity contribution in [2.24, 2.45) is 0 Å². The van der Waals surface area contributed by atoms with Gasteiger partial charge in [0.25, 0.3) is 0 Å². The van der Waals surface area contributed by atoms with E-state index in [9.17, 15) is 9.50 Å². The molecule has 2 N–H and O–H groups in total. The molecule has 1 atom stereocenters. The zero-order chi connectivity index (χ0) is 24.4. The number of aliphatic hydroxyl groups is 1. The van der Waals surface area contributed by atoms with E-state index in [1.54, 1.807) is 18.3 Å². The summed E-state index contributed by atoms with van der Waals surface area (Å²) >= 11 is 1.51. The normalized spacial score (nSPS) is 16.7. The lowest BCUT2D eigenvalue weighted by molar-refractivity contribution is -0.0203. The largest absolute Gasteiger partial charge is 0.383 e. The number of nitrogens with one attached hydrogen (secondary N) is 1. The van der Waals surface area contributed by atoms with Gasteiger partial charge in [-0.2, -0.15) is 0 Å². The highest BCUT2D eigenvalue weighted by atomic mass is 32.1. The van der Waals surface area contributed by atoms with E-state index in [1.807, 2.05) is 30.3 Å². The quantitative estimate of drug-likeness (QED) is 0.344. The van der Waals surface area contributed by atoms with Gasteiger partial charge in [0, 0.05) is 30.9 Å². The fourth-order valence-corrected chi connectivity index (χ4v) is 5.65. The Morgan fingerprint density at radius 1 is 1.03 bits per heavy atom. The molecule has 0 spiro atoms. The van der Waals surface area contributed by atoms with Gasteiger partial charge < -0.3 is 15.3 Å². The van der Waals surface area contributed by atoms with E-state index in [2.05, 4.69) is 41.3 Å². The van der Waals surface area contributed by atoms with Crippen molar-refractivity contribution >= 4 is 17.2 Å². The summed E-state index contributed by atoms with van der Waals surface area (Å²) in [5.74, 6) is 0.474. The molecule has 180 valence electrons. The number of anilines is 1. The van der Waals surface area contributed by atoms with E-state index in [0.29, 0.717) is 17.8 Å². The average molecular weight is 489 g/mol. The third-order valence-electron chi connectivity index (χ3n) is 6.64. The highest BCUT2D eigenvalue weighted by Gasteiger charge is 2.37. The van der Waals surface area contributed by atoms with Gasteiger partial charge in [0.05, 0.1) is 10.6 Å². The zero-order valence-corrected chi connectivity index (χ0v) is 20.7. The van der Waals surface area contributed by atoms with Crippen LogP contribution in [0.1, 0.15) is 36.4 Å². The van der Waals surface area contributed by atoms with E-state index in [0.717, 1.165) is 40.6 Å². The second-order valence-corrected chi connectivity index (χ2v) is 10.2. The molecule has 1 saturated heterocycles. The number of rotatable bonds is 6. The number of pyridine rings is 1. The summed E-state index contributed by atoms with van der Waals surface area (Å²) in [4.78, 5) is 12.6. The number of thiazole rings is 1. The number of piperidine rings is 1. The smallest absolute Gasteiger partial charge is 0.126 e. The van der Waals surface area contributed by atoms with Crippen LogP contribution in [0.4, 0.5) is 10.2 Å². The van der Waals surface area contributed by atoms with Crippen molar-refractivity contribution in [1.82, 2.24) is 14.9 Å². The molecular weight excluding hydrogens is 459 g/mol. The van der Waals surface area contributed by atoms with Crippen molar-refractivity contribution in [2.45, 2.75) is 31.4 Å². The molecule has 1 aliphatic heterocycles. The highest BCUT2D eigenvalue weighted by molar-refractivity contribution is 7.15. The molecule has 1 fully saturated rings. The Morgan fingerprint density at radius 3 is 2.46 bits per heavy atom. The van der Waals surface area contributed by atoms with Crippen LogP contribution < -0.4 is 5.32 Å². The number of aromatic nitrogens is 2. The molecule has 4 aromatic rings. The van der Waals surface area contributed by atoms with E-state index in [4.69, 9.17) is 4.98 Å². The predicted octanol–water partition coefficient (Wildman–Crippen LogP) is 6.10. The van der Waals surface area contributed by atoms with Crippen molar-refractivity contribution < 1.29 is 9.50 Å². The van der Waals surface area contributed by atoms with Crippen molar-refractivity contribution in [3.05, 3.63) is 89.3 Å². The Morgan fingerprint density at radius 2 is 1.74 bits per heavy atom. The van der Waals surface area contributed by atoms with Crippen LogP contribution >= 0.6 is 11.3 Å². The molecule has 5 nitrogen and oxygen atoms in total. The number of benzene rings is 2. The zero-order valence-electron chi connectivity index (χ0n) is 19.9. The maximum atomic E-state index is 13.7. The van der Waals surface area contributed by atoms with Crippen LogP contribution in [-0.4, -0.2) is 40.1 Å². The number of hydrogen-bond acceptors (Lipinski definition) is 6. The van der Waals surface area contributed by atoms with Gasteiger partial charge in [0.2, 0.25) is 0 Å². The molecule has 7 heteroatoms. The summed E-state index contributed by atoms with van der Waals surface area (Å²) in [6.45, 7) is 3.74. The Kier molecular flexibility index (Phi) is 6.65. The van der Waals surface area contributed by atoms with Crippen molar-refractivity contribution in [2.75, 3.05) is 25.5 Å². The number of nitrogens with zero attached hydrogens (tertiary/aromatic N) is 3. The first-order valence-corrected chi connectivity index (χ1v) is 12.7. The molecule has 0 amide bonds. The number of likely N-dealkylation sites (tertiary alicyclic amines) is 1. The maximum Gasteiger partial charge on any atom is 0.126 e. The van der Waals surface area contributed by atoms with Gasteiger partial charge in [-0.25, -0.2) is 14.4 Å². The summed E-state index contributed by atoms with van der Waals surface area (Å²) < 4.78 is 13.7. The fraction of sp³-hybridized carbons (Fsp3) is 0.286. The first kappa shape index (κ1) is 23.6. The minimum atomic E-state index is -0.958. The third kappa shape index (κ3) is 5.12. The minimum Gasteiger partial charge on any atom is -0.383 e. The van der Waals surface area contributed by atoms with E-state index < -0.39 is 5.60 Å². The van der Waals surface area contributed by atoms with Gasteiger partial charge >= 0.3 is 0 Å². The van der Waals surface area contributed by atoms with Crippen molar-refractivity contribution in [3.63, 3.8) is 0 Å². The summed E-state index contributed by atoms with van der Waals surface area (Å²) in [5, 5.41) is 15.7. The molecule has 0 unspecified atom stereocenters. The van der Waals surface area contributed by atoms with Gasteiger partial charge in [0.1, 0.15) is 22.2 Å². The first-order chi connectivity index (χ1) is 16.9. The SMILES string of the molecule is C[C@H](Nc1cc(-c2sc(C3(O)CCN(C)CC3)nc2-c2ccc(F)cc2)ccn1)c1ccccc1. The van der Waals surface area contributed by atoms with E-state index in [-0.39, 0.29) is 11.9 Å². The Balaban J connectivity index is 1.52. The van der Waals surface area contributed by atoms with Crippen molar-refractivity contribution in [3.8, 4) is 21.7 Å². The summed E-state index contributed by atoms with van der Waals surface area (Å²) in [5.41, 5.74) is 2.76. The van der Waals surface area contributed by atoms with Gasteiger partial charge in [-0.05, 0) is 74.3 Å². The molecular formula is C28H29FN4OS. The average Bonchev–Trinajstić information content (AvgIpc) is 3.34. The standard InChI is InChI=1S/C28H29FN4OS/c1-19(20-6-4-3-5-7-20)31-24-18-22(12-15-30-24)26-25(21-8-10-23(29)11-9-21)32-27(35-26)28(34)13-16-33(2)17-14-28/h3-12,15,18-19,34H,13-14,16-17H2,1-2H3,(H,30,31)/t19-/m0/s1. The van der Waals surface area contributed by atoms with E-state index >= 15 is 0 Å². The van der Waals surface area contributed by atoms with Crippen LogP contribution in [0.25, 0.3) is 21.7 Å². The molecule has 2 aromatic carbocycles. The lowest BCUT2D eigenvalue weighted by Crippen LogP contribution is -2.40. The predicted molar refractivity (Wildman–Crippen MR) is 140 cm³/mol. The fourth-order valence-electron chi connectivity index (χ4n) is 4.42. The Bertz CT molecular complexity index is 1280. The lowest BCUT2D eigenvalue weighted by Gasteiger charge is -2.34. The Hall–Kier alpha value is -3.13. The van der Waals surface area contributed by atoms with Crippen molar-refractivity contribution in [1.29, 1.82) is 0 Å². The monoisotopic (exact) mass is 488 g/mol. The first-order valence-electron chi connectivity index (χ1n) is 11.9. The number of halogens is 1. The summed E-state index contributed by atoms with van der Waals surface area (Å²) in [6, 6.07) is 20.7. The molecule has 2 aromatic heterocycles. The Labute approximate surface area is 209 Å². The van der Waals surface area contributed by atoms with Crippen LogP contribution in [0.3, 0.4) is 0 Å². The second kappa shape index (κ2) is 9.85. The molecule has 35 heavy (non-hydrogen) atoms. The van der Waals surface area contributed by atoms with Gasteiger partial charge in [0.15, 0.2) is 0 Å². The molecule has 0 saturated carbocycles. The maximum absolute atomic E-state index is 13.7. The van der Waals surface area contributed by atoms with Gasteiger partial charge in [-0.3, -0.25) is 0 Å². The molecule has 3 heterocycles. The lowest BCUT2D eigenvalue weighted by atomic mass is 9.92. The van der Waals surface area contributed by atoms with Crippen LogP contribution in [0, 0.1) is 5.82 Å². The van der Waals surface area contributed by atoms with Gasteiger partial charge in [-0.15, -0.1) is 11.3 Å². The van der Waals surface area contributed by atoms with Gasteiger partial charge in [-0.1, -0.05) is 30.3 Å². The van der Waals surface area contributed by atoms with Crippen LogP contribution in [0.2, 0.25) is 0 Å². The molecule has 0 aliphatic carbocycles. The third-order valence-corrected chi connectivity index (χ3v) is 7.94. The molecule has 0 radical (unpaired) electrons. The molecule has 1 aliphatic rings. The second-order valence-electron chi connectivity index (χ2n) is 9.24. The minimum absolute atomic E-state index is 0.0903. The van der Waals surface area contributed by atoms with Crippen LogP contribution in [0.15, 0.2) is 72.9 Å². The molecule has 0 bridgehead atoms. The van der Waals surface area contributed by atoms with Crippen LogP contribution in [-0.2, 0) is 5.60 Å². The molecule has 5 rings (SSSR count). The van der Waals surface area contributed by atoms with E-state index in [1.165, 1.54) is 29.0 Å². The summed E-state index contributed by atoms with van der Waals surface area (Å²) in [6.07, 6.45) is 3.06.